The van der Waals surface area contributed by atoms with E-state index in [9.17, 15) is 18.0 Å². The summed E-state index contributed by atoms with van der Waals surface area (Å²) in [6.45, 7) is 1.17. The van der Waals surface area contributed by atoms with Gasteiger partial charge in [0, 0.05) is 13.1 Å². The average Bonchev–Trinajstić information content (AvgIpc) is 2.47. The minimum absolute atomic E-state index is 0.519. The van der Waals surface area contributed by atoms with Crippen molar-refractivity contribution in [1.82, 2.24) is 4.90 Å². The normalized spacial score (nSPS) is 16.8. The van der Waals surface area contributed by atoms with Crippen molar-refractivity contribution in [2.24, 2.45) is 5.92 Å². The summed E-state index contributed by atoms with van der Waals surface area (Å²) in [5, 5.41) is 8.87. The van der Waals surface area contributed by atoms with Crippen LogP contribution in [-0.2, 0) is 12.6 Å². The Morgan fingerprint density at radius 2 is 1.77 bits per heavy atom. The Morgan fingerprint density at radius 1 is 1.18 bits per heavy atom. The van der Waals surface area contributed by atoms with Crippen molar-refractivity contribution in [2.75, 3.05) is 13.1 Å². The van der Waals surface area contributed by atoms with E-state index in [4.69, 9.17) is 5.11 Å². The first-order chi connectivity index (χ1) is 10.4. The predicted molar refractivity (Wildman–Crippen MR) is 76.7 cm³/mol. The van der Waals surface area contributed by atoms with E-state index in [2.05, 4.69) is 0 Å². The second-order valence-electron chi connectivity index (χ2n) is 5.80. The van der Waals surface area contributed by atoms with Crippen LogP contribution in [0.4, 0.5) is 18.0 Å². The summed E-state index contributed by atoms with van der Waals surface area (Å²) in [5.74, 6) is 0.519. The van der Waals surface area contributed by atoms with Crippen LogP contribution >= 0.6 is 0 Å². The molecule has 1 aromatic carbocycles. The van der Waals surface area contributed by atoms with Crippen molar-refractivity contribution in [1.29, 1.82) is 0 Å². The topological polar surface area (TPSA) is 40.5 Å². The maximum Gasteiger partial charge on any atom is 0.416 e. The lowest BCUT2D eigenvalue weighted by atomic mass is 9.91. The molecular formula is C16H20F3NO2. The fourth-order valence-electron chi connectivity index (χ4n) is 2.87. The standard InChI is InChI=1S/C16H20F3NO2/c17-16(18,19)14-6-4-12(5-7-14)2-1-3-13-8-10-20(11-9-13)15(21)22/h4-7,13H,1-3,8-11H2,(H,21,22). The summed E-state index contributed by atoms with van der Waals surface area (Å²) in [7, 11) is 0. The smallest absolute Gasteiger partial charge is 0.416 e. The van der Waals surface area contributed by atoms with Gasteiger partial charge in [0.1, 0.15) is 0 Å². The van der Waals surface area contributed by atoms with Gasteiger partial charge in [-0.2, -0.15) is 13.2 Å². The Labute approximate surface area is 127 Å². The highest BCUT2D eigenvalue weighted by Crippen LogP contribution is 2.29. The van der Waals surface area contributed by atoms with Crippen molar-refractivity contribution in [2.45, 2.75) is 38.3 Å². The van der Waals surface area contributed by atoms with E-state index >= 15 is 0 Å². The lowest BCUT2D eigenvalue weighted by Crippen LogP contribution is -2.37. The highest BCUT2D eigenvalue weighted by molar-refractivity contribution is 5.64. The summed E-state index contributed by atoms with van der Waals surface area (Å²) < 4.78 is 37.4. The van der Waals surface area contributed by atoms with E-state index in [0.29, 0.717) is 19.0 Å². The molecule has 2 rings (SSSR count). The second kappa shape index (κ2) is 7.03. The number of amides is 1. The van der Waals surface area contributed by atoms with Crippen molar-refractivity contribution in [3.63, 3.8) is 0 Å². The van der Waals surface area contributed by atoms with Gasteiger partial charge >= 0.3 is 12.3 Å². The van der Waals surface area contributed by atoms with Gasteiger partial charge in [0.15, 0.2) is 0 Å². The number of halogens is 3. The number of carboxylic acid groups (broad SMARTS) is 1. The Hall–Kier alpha value is -1.72. The average molecular weight is 315 g/mol. The van der Waals surface area contributed by atoms with Crippen LogP contribution in [0.3, 0.4) is 0 Å². The number of nitrogens with zero attached hydrogens (tertiary/aromatic N) is 1. The molecule has 0 atom stereocenters. The Kier molecular flexibility index (Phi) is 5.32. The van der Waals surface area contributed by atoms with Gasteiger partial charge in [0.05, 0.1) is 5.56 Å². The van der Waals surface area contributed by atoms with Crippen molar-refractivity contribution < 1.29 is 23.1 Å². The molecule has 1 aliphatic rings. The molecule has 1 amide bonds. The number of benzene rings is 1. The third-order valence-corrected chi connectivity index (χ3v) is 4.24. The molecule has 3 nitrogen and oxygen atoms in total. The zero-order valence-electron chi connectivity index (χ0n) is 12.3. The van der Waals surface area contributed by atoms with Crippen LogP contribution in [0.5, 0.6) is 0 Å². The molecule has 1 N–H and O–H groups in total. The van der Waals surface area contributed by atoms with Gasteiger partial charge in [-0.15, -0.1) is 0 Å². The number of aryl methyl sites for hydroxylation is 1. The number of piperidine rings is 1. The van der Waals surface area contributed by atoms with E-state index in [1.54, 1.807) is 0 Å². The number of carbonyl (C=O) groups is 1. The maximum atomic E-state index is 12.5. The van der Waals surface area contributed by atoms with Crippen LogP contribution < -0.4 is 0 Å². The van der Waals surface area contributed by atoms with Gasteiger partial charge in [-0.3, -0.25) is 0 Å². The van der Waals surface area contributed by atoms with Gasteiger partial charge in [0.25, 0.3) is 0 Å². The molecule has 22 heavy (non-hydrogen) atoms. The van der Waals surface area contributed by atoms with Crippen LogP contribution in [0.2, 0.25) is 0 Å². The number of alkyl halides is 3. The molecule has 1 saturated heterocycles. The van der Waals surface area contributed by atoms with Crippen molar-refractivity contribution in [3.05, 3.63) is 35.4 Å². The molecule has 0 saturated carbocycles. The molecule has 1 aliphatic heterocycles. The van der Waals surface area contributed by atoms with Gasteiger partial charge in [-0.25, -0.2) is 4.79 Å². The zero-order valence-corrected chi connectivity index (χ0v) is 12.3. The molecule has 0 aliphatic carbocycles. The largest absolute Gasteiger partial charge is 0.465 e. The highest BCUT2D eigenvalue weighted by atomic mass is 19.4. The molecule has 1 heterocycles. The number of hydrogen-bond acceptors (Lipinski definition) is 1. The fraction of sp³-hybridized carbons (Fsp3) is 0.562. The summed E-state index contributed by atoms with van der Waals surface area (Å²) in [5.41, 5.74) is 0.299. The van der Waals surface area contributed by atoms with E-state index in [1.165, 1.54) is 17.0 Å². The Morgan fingerprint density at radius 3 is 2.27 bits per heavy atom. The highest BCUT2D eigenvalue weighted by Gasteiger charge is 2.29. The van der Waals surface area contributed by atoms with Crippen LogP contribution in [-0.4, -0.2) is 29.2 Å². The first-order valence-electron chi connectivity index (χ1n) is 7.50. The molecular weight excluding hydrogens is 295 g/mol. The zero-order chi connectivity index (χ0) is 16.2. The quantitative estimate of drug-likeness (QED) is 0.893. The third kappa shape index (κ3) is 4.64. The molecule has 0 aromatic heterocycles. The fourth-order valence-corrected chi connectivity index (χ4v) is 2.87. The van der Waals surface area contributed by atoms with E-state index < -0.39 is 17.8 Å². The lowest BCUT2D eigenvalue weighted by Gasteiger charge is -2.29. The van der Waals surface area contributed by atoms with E-state index in [1.807, 2.05) is 0 Å². The monoisotopic (exact) mass is 315 g/mol. The summed E-state index contributed by atoms with van der Waals surface area (Å²) in [6.07, 6.45) is -0.715. The molecule has 0 unspecified atom stereocenters. The molecule has 1 fully saturated rings. The maximum absolute atomic E-state index is 12.5. The molecule has 0 radical (unpaired) electrons. The van der Waals surface area contributed by atoms with Gasteiger partial charge in [-0.05, 0) is 55.7 Å². The number of rotatable bonds is 4. The first kappa shape index (κ1) is 16.6. The van der Waals surface area contributed by atoms with Gasteiger partial charge in [0.2, 0.25) is 0 Å². The molecule has 122 valence electrons. The number of likely N-dealkylation sites (tertiary alicyclic amines) is 1. The second-order valence-corrected chi connectivity index (χ2v) is 5.80. The van der Waals surface area contributed by atoms with Crippen LogP contribution in [0.15, 0.2) is 24.3 Å². The van der Waals surface area contributed by atoms with Gasteiger partial charge in [-0.1, -0.05) is 12.1 Å². The minimum atomic E-state index is -4.28. The Balaban J connectivity index is 1.72. The summed E-state index contributed by atoms with van der Waals surface area (Å²) in [4.78, 5) is 12.2. The lowest BCUT2D eigenvalue weighted by molar-refractivity contribution is -0.137. The Bertz CT molecular complexity index is 491. The van der Waals surface area contributed by atoms with E-state index in [0.717, 1.165) is 49.8 Å². The molecule has 0 spiro atoms. The summed E-state index contributed by atoms with van der Waals surface area (Å²) >= 11 is 0. The van der Waals surface area contributed by atoms with Crippen molar-refractivity contribution in [3.8, 4) is 0 Å². The predicted octanol–water partition coefficient (Wildman–Crippen LogP) is 4.42. The van der Waals surface area contributed by atoms with E-state index in [-0.39, 0.29) is 0 Å². The van der Waals surface area contributed by atoms with Crippen LogP contribution in [0.25, 0.3) is 0 Å². The van der Waals surface area contributed by atoms with Gasteiger partial charge < -0.3 is 10.0 Å². The molecule has 1 aromatic rings. The number of hydrogen-bond donors (Lipinski definition) is 1. The van der Waals surface area contributed by atoms with Crippen LogP contribution in [0, 0.1) is 5.92 Å². The molecule has 0 bridgehead atoms. The summed E-state index contributed by atoms with van der Waals surface area (Å²) in [6, 6.07) is 5.33. The first-order valence-corrected chi connectivity index (χ1v) is 7.50. The third-order valence-electron chi connectivity index (χ3n) is 4.24. The minimum Gasteiger partial charge on any atom is -0.465 e. The van der Waals surface area contributed by atoms with Crippen LogP contribution in [0.1, 0.15) is 36.8 Å². The van der Waals surface area contributed by atoms with Crippen molar-refractivity contribution >= 4 is 6.09 Å². The SMILES string of the molecule is O=C(O)N1CCC(CCCc2ccc(C(F)(F)F)cc2)CC1. The molecule has 6 heteroatoms.